The number of nitrogens with one attached hydrogen (secondary N) is 1. The number of hydrazine groups is 1. The van der Waals surface area contributed by atoms with Crippen molar-refractivity contribution >= 4 is 5.91 Å². The van der Waals surface area contributed by atoms with Crippen LogP contribution in [0.2, 0.25) is 0 Å². The minimum atomic E-state index is -0.777. The average Bonchev–Trinajstić information content (AvgIpc) is 2.39. The average molecular weight is 274 g/mol. The molecule has 2 rings (SSSR count). The van der Waals surface area contributed by atoms with E-state index >= 15 is 0 Å². The van der Waals surface area contributed by atoms with Gasteiger partial charge in [0.25, 0.3) is 11.5 Å². The Balaban J connectivity index is 2.68. The fourth-order valence-electron chi connectivity index (χ4n) is 1.89. The topological polar surface area (TPSA) is 110 Å². The summed E-state index contributed by atoms with van der Waals surface area (Å²) in [7, 11) is 0. The third-order valence-corrected chi connectivity index (χ3v) is 2.84. The number of hydrogen-bond acceptors (Lipinski definition) is 5. The Bertz CT molecular complexity index is 737. The first kappa shape index (κ1) is 13.8. The lowest BCUT2D eigenvalue weighted by atomic mass is 10.1. The maximum atomic E-state index is 11.9. The quantitative estimate of drug-likeness (QED) is 0.410. The Morgan fingerprint density at radius 2 is 2.05 bits per heavy atom. The molecule has 1 aromatic heterocycles. The van der Waals surface area contributed by atoms with Gasteiger partial charge in [0.15, 0.2) is 11.4 Å². The minimum Gasteiger partial charge on any atom is -0.505 e. The molecule has 104 valence electrons. The second-order valence-corrected chi connectivity index (χ2v) is 4.39. The van der Waals surface area contributed by atoms with Crippen LogP contribution in [0.4, 0.5) is 0 Å². The highest BCUT2D eigenvalue weighted by molar-refractivity contribution is 5.94. The van der Waals surface area contributed by atoms with E-state index < -0.39 is 17.2 Å². The predicted octanol–water partition coefficient (Wildman–Crippen LogP) is 0.158. The van der Waals surface area contributed by atoms with Crippen LogP contribution in [0.3, 0.4) is 0 Å². The number of nitrogens with two attached hydrogens (primary N) is 1. The SMILES string of the molecule is Cc1ccc(-n2nc(C(=O)NN)c(O)cc2=O)c(C)c1. The summed E-state index contributed by atoms with van der Waals surface area (Å²) in [6.45, 7) is 3.75. The van der Waals surface area contributed by atoms with Crippen LogP contribution in [0.1, 0.15) is 21.6 Å². The van der Waals surface area contributed by atoms with Gasteiger partial charge in [0, 0.05) is 6.07 Å². The zero-order valence-electron chi connectivity index (χ0n) is 11.0. The zero-order valence-corrected chi connectivity index (χ0v) is 11.0. The summed E-state index contributed by atoms with van der Waals surface area (Å²) in [4.78, 5) is 23.4. The smallest absolute Gasteiger partial charge is 0.289 e. The monoisotopic (exact) mass is 274 g/mol. The Morgan fingerprint density at radius 1 is 1.35 bits per heavy atom. The van der Waals surface area contributed by atoms with Gasteiger partial charge in [-0.1, -0.05) is 17.7 Å². The molecule has 1 amide bonds. The fraction of sp³-hybridized carbons (Fsp3) is 0.154. The predicted molar refractivity (Wildman–Crippen MR) is 72.6 cm³/mol. The molecule has 0 saturated heterocycles. The summed E-state index contributed by atoms with van der Waals surface area (Å²) in [5, 5.41) is 13.5. The summed E-state index contributed by atoms with van der Waals surface area (Å²) in [6.07, 6.45) is 0. The van der Waals surface area contributed by atoms with Crippen molar-refractivity contribution in [2.24, 2.45) is 5.84 Å². The molecule has 2 aromatic rings. The van der Waals surface area contributed by atoms with Gasteiger partial charge in [0.2, 0.25) is 0 Å². The molecule has 0 atom stereocenters. The largest absolute Gasteiger partial charge is 0.505 e. The molecule has 0 radical (unpaired) electrons. The highest BCUT2D eigenvalue weighted by Crippen LogP contribution is 2.16. The summed E-state index contributed by atoms with van der Waals surface area (Å²) in [5.41, 5.74) is 3.41. The highest BCUT2D eigenvalue weighted by atomic mass is 16.3. The number of rotatable bonds is 2. The lowest BCUT2D eigenvalue weighted by Gasteiger charge is -2.10. The molecule has 0 unspecified atom stereocenters. The van der Waals surface area contributed by atoms with Gasteiger partial charge in [-0.05, 0) is 25.5 Å². The van der Waals surface area contributed by atoms with Crippen molar-refractivity contribution in [2.45, 2.75) is 13.8 Å². The van der Waals surface area contributed by atoms with Crippen LogP contribution in [0.15, 0.2) is 29.1 Å². The molecule has 0 fully saturated rings. The summed E-state index contributed by atoms with van der Waals surface area (Å²) >= 11 is 0. The summed E-state index contributed by atoms with van der Waals surface area (Å²) < 4.78 is 1.05. The molecular formula is C13H14N4O3. The number of nitrogen functional groups attached to an aromatic ring is 1. The van der Waals surface area contributed by atoms with E-state index in [2.05, 4.69) is 5.10 Å². The number of aromatic hydroxyl groups is 1. The van der Waals surface area contributed by atoms with E-state index in [1.54, 1.807) is 6.07 Å². The molecule has 4 N–H and O–H groups in total. The van der Waals surface area contributed by atoms with E-state index in [1.165, 1.54) is 0 Å². The van der Waals surface area contributed by atoms with Crippen LogP contribution in [-0.4, -0.2) is 20.8 Å². The van der Waals surface area contributed by atoms with E-state index in [1.807, 2.05) is 31.4 Å². The van der Waals surface area contributed by atoms with Crippen LogP contribution in [0.25, 0.3) is 5.69 Å². The van der Waals surface area contributed by atoms with Crippen LogP contribution in [0, 0.1) is 13.8 Å². The van der Waals surface area contributed by atoms with Crippen molar-refractivity contribution in [3.63, 3.8) is 0 Å². The van der Waals surface area contributed by atoms with Gasteiger partial charge in [0.1, 0.15) is 0 Å². The second kappa shape index (κ2) is 5.14. The summed E-state index contributed by atoms with van der Waals surface area (Å²) in [5.74, 6) is 3.72. The third kappa shape index (κ3) is 2.39. The number of aromatic nitrogens is 2. The fourth-order valence-corrected chi connectivity index (χ4v) is 1.89. The number of benzene rings is 1. The van der Waals surface area contributed by atoms with Crippen molar-refractivity contribution in [1.82, 2.24) is 15.2 Å². The van der Waals surface area contributed by atoms with E-state index in [0.717, 1.165) is 21.9 Å². The Hall–Kier alpha value is -2.67. The number of nitrogens with zero attached hydrogens (tertiary/aromatic N) is 2. The van der Waals surface area contributed by atoms with E-state index in [4.69, 9.17) is 5.84 Å². The highest BCUT2D eigenvalue weighted by Gasteiger charge is 2.16. The standard InChI is InChI=1S/C13H14N4O3/c1-7-3-4-9(8(2)5-7)17-11(19)6-10(18)12(16-17)13(20)15-14/h3-6,18H,14H2,1-2H3,(H,15,20). The first-order valence-electron chi connectivity index (χ1n) is 5.86. The molecule has 0 aliphatic heterocycles. The summed E-state index contributed by atoms with van der Waals surface area (Å²) in [6, 6.07) is 6.36. The zero-order chi connectivity index (χ0) is 14.9. The van der Waals surface area contributed by atoms with Crippen LogP contribution < -0.4 is 16.8 Å². The first-order chi connectivity index (χ1) is 9.43. The molecule has 20 heavy (non-hydrogen) atoms. The molecule has 0 bridgehead atoms. The molecule has 7 nitrogen and oxygen atoms in total. The lowest BCUT2D eigenvalue weighted by Crippen LogP contribution is -2.33. The molecule has 1 heterocycles. The van der Waals surface area contributed by atoms with Crippen molar-refractivity contribution in [3.05, 3.63) is 51.4 Å². The third-order valence-electron chi connectivity index (χ3n) is 2.84. The second-order valence-electron chi connectivity index (χ2n) is 4.39. The van der Waals surface area contributed by atoms with Gasteiger partial charge in [0.05, 0.1) is 5.69 Å². The maximum absolute atomic E-state index is 11.9. The molecule has 0 spiro atoms. The number of carbonyl (C=O) groups excluding carboxylic acids is 1. The van der Waals surface area contributed by atoms with Gasteiger partial charge in [-0.25, -0.2) is 5.84 Å². The first-order valence-corrected chi connectivity index (χ1v) is 5.86. The Kier molecular flexibility index (Phi) is 3.53. The van der Waals surface area contributed by atoms with E-state index in [9.17, 15) is 14.7 Å². The van der Waals surface area contributed by atoms with Gasteiger partial charge < -0.3 is 5.11 Å². The normalized spacial score (nSPS) is 10.3. The number of carbonyl (C=O) groups is 1. The number of aryl methyl sites for hydroxylation is 2. The van der Waals surface area contributed by atoms with E-state index in [0.29, 0.717) is 5.69 Å². The van der Waals surface area contributed by atoms with Crippen LogP contribution in [0.5, 0.6) is 5.75 Å². The van der Waals surface area contributed by atoms with Crippen molar-refractivity contribution < 1.29 is 9.90 Å². The molecule has 0 aliphatic rings. The molecule has 7 heteroatoms. The Labute approximate surface area is 114 Å². The van der Waals surface area contributed by atoms with Gasteiger partial charge in [-0.3, -0.25) is 15.0 Å². The number of amides is 1. The Morgan fingerprint density at radius 3 is 2.65 bits per heavy atom. The molecular weight excluding hydrogens is 260 g/mol. The van der Waals surface area contributed by atoms with Crippen LogP contribution in [-0.2, 0) is 0 Å². The van der Waals surface area contributed by atoms with Gasteiger partial charge in [-0.2, -0.15) is 9.78 Å². The van der Waals surface area contributed by atoms with Gasteiger partial charge in [-0.15, -0.1) is 0 Å². The molecule has 0 aliphatic carbocycles. The van der Waals surface area contributed by atoms with Crippen molar-refractivity contribution in [2.75, 3.05) is 0 Å². The molecule has 0 saturated carbocycles. The van der Waals surface area contributed by atoms with E-state index in [-0.39, 0.29) is 5.69 Å². The number of hydrogen-bond donors (Lipinski definition) is 3. The minimum absolute atomic E-state index is 0.313. The van der Waals surface area contributed by atoms with Crippen LogP contribution >= 0.6 is 0 Å². The molecule has 1 aromatic carbocycles. The van der Waals surface area contributed by atoms with Crippen molar-refractivity contribution in [3.8, 4) is 11.4 Å². The lowest BCUT2D eigenvalue weighted by molar-refractivity contribution is 0.0943. The van der Waals surface area contributed by atoms with Crippen molar-refractivity contribution in [1.29, 1.82) is 0 Å². The van der Waals surface area contributed by atoms with Gasteiger partial charge >= 0.3 is 0 Å². The maximum Gasteiger partial charge on any atom is 0.289 e.